The second-order valence-corrected chi connectivity index (χ2v) is 7.26. The molecule has 2 aromatic rings. The van der Waals surface area contributed by atoms with Crippen molar-refractivity contribution in [2.24, 2.45) is 5.10 Å². The molecule has 0 saturated heterocycles. The Morgan fingerprint density at radius 1 is 1.11 bits per heavy atom. The van der Waals surface area contributed by atoms with Crippen LogP contribution in [0.1, 0.15) is 44.7 Å². The summed E-state index contributed by atoms with van der Waals surface area (Å²) < 4.78 is 0. The van der Waals surface area contributed by atoms with Crippen molar-refractivity contribution in [2.75, 3.05) is 5.32 Å². The van der Waals surface area contributed by atoms with Gasteiger partial charge in [-0.2, -0.15) is 5.10 Å². The molecular formula is C22H26ClN3O. The van der Waals surface area contributed by atoms with Gasteiger partial charge in [0.1, 0.15) is 6.04 Å². The Kier molecular flexibility index (Phi) is 7.62. The van der Waals surface area contributed by atoms with E-state index in [9.17, 15) is 4.79 Å². The van der Waals surface area contributed by atoms with E-state index in [0.29, 0.717) is 10.9 Å². The topological polar surface area (TPSA) is 53.5 Å². The maximum Gasteiger partial charge on any atom is 0.262 e. The summed E-state index contributed by atoms with van der Waals surface area (Å²) in [5.41, 5.74) is 6.70. The molecule has 2 aromatic carbocycles. The number of carbonyl (C=O) groups is 1. The summed E-state index contributed by atoms with van der Waals surface area (Å²) in [5.74, 6) is 0.295. The van der Waals surface area contributed by atoms with E-state index in [2.05, 4.69) is 54.0 Å². The molecule has 5 heteroatoms. The quantitative estimate of drug-likeness (QED) is 0.492. The van der Waals surface area contributed by atoms with Crippen LogP contribution in [0.3, 0.4) is 0 Å². The third-order valence-electron chi connectivity index (χ3n) is 4.04. The van der Waals surface area contributed by atoms with Gasteiger partial charge in [0, 0.05) is 10.7 Å². The van der Waals surface area contributed by atoms with Crippen molar-refractivity contribution in [1.29, 1.82) is 0 Å². The molecular weight excluding hydrogens is 358 g/mol. The predicted molar refractivity (Wildman–Crippen MR) is 115 cm³/mol. The number of nitrogens with zero attached hydrogens (tertiary/aromatic N) is 1. The van der Waals surface area contributed by atoms with Gasteiger partial charge in [-0.3, -0.25) is 4.79 Å². The van der Waals surface area contributed by atoms with Crippen molar-refractivity contribution in [3.63, 3.8) is 0 Å². The lowest BCUT2D eigenvalue weighted by molar-refractivity contribution is -0.121. The van der Waals surface area contributed by atoms with E-state index in [1.807, 2.05) is 25.1 Å². The molecule has 0 aliphatic rings. The van der Waals surface area contributed by atoms with Gasteiger partial charge in [0.05, 0.1) is 6.21 Å². The Hall–Kier alpha value is -2.59. The average Bonchev–Trinajstić information content (AvgIpc) is 2.62. The fourth-order valence-electron chi connectivity index (χ4n) is 2.47. The Morgan fingerprint density at radius 2 is 1.81 bits per heavy atom. The summed E-state index contributed by atoms with van der Waals surface area (Å²) in [6.07, 6.45) is 3.66. The fraction of sp³-hybridized carbons (Fsp3) is 0.273. The average molecular weight is 384 g/mol. The van der Waals surface area contributed by atoms with E-state index in [-0.39, 0.29) is 5.91 Å². The number of rotatable bonds is 7. The lowest BCUT2D eigenvalue weighted by atomic mass is 10.0. The number of amides is 1. The van der Waals surface area contributed by atoms with Gasteiger partial charge < -0.3 is 5.32 Å². The zero-order chi connectivity index (χ0) is 19.8. The molecule has 2 N–H and O–H groups in total. The first-order chi connectivity index (χ1) is 12.8. The normalized spacial score (nSPS) is 13.0. The molecule has 0 fully saturated rings. The van der Waals surface area contributed by atoms with Crippen LogP contribution in [0.2, 0.25) is 5.02 Å². The lowest BCUT2D eigenvalue weighted by Gasteiger charge is -2.13. The highest BCUT2D eigenvalue weighted by atomic mass is 35.5. The number of hydrazone groups is 1. The van der Waals surface area contributed by atoms with Crippen molar-refractivity contribution in [2.45, 2.75) is 39.7 Å². The third kappa shape index (κ3) is 6.91. The van der Waals surface area contributed by atoms with Crippen LogP contribution in [0, 0.1) is 0 Å². The van der Waals surface area contributed by atoms with Gasteiger partial charge in [0.15, 0.2) is 0 Å². The van der Waals surface area contributed by atoms with E-state index >= 15 is 0 Å². The minimum absolute atomic E-state index is 0.222. The summed E-state index contributed by atoms with van der Waals surface area (Å²) in [7, 11) is 0. The standard InChI is InChI=1S/C22H26ClN3O/c1-15(2)19-10-8-18(9-11-19)12-16(3)14-24-26-22(27)17(4)25-21-7-5-6-20(23)13-21/h5-15,17,25H,1-4H3,(H,26,27). The Labute approximate surface area is 166 Å². The number of nitrogens with one attached hydrogen (secondary N) is 2. The first-order valence-corrected chi connectivity index (χ1v) is 9.36. The predicted octanol–water partition coefficient (Wildman–Crippen LogP) is 5.47. The monoisotopic (exact) mass is 383 g/mol. The summed E-state index contributed by atoms with van der Waals surface area (Å²) in [4.78, 5) is 12.1. The van der Waals surface area contributed by atoms with Crippen LogP contribution in [-0.2, 0) is 4.79 Å². The number of hydrogen-bond acceptors (Lipinski definition) is 3. The second-order valence-electron chi connectivity index (χ2n) is 6.82. The molecule has 0 aliphatic carbocycles. The first-order valence-electron chi connectivity index (χ1n) is 8.98. The van der Waals surface area contributed by atoms with E-state index in [1.165, 1.54) is 5.56 Å². The van der Waals surface area contributed by atoms with Crippen molar-refractivity contribution in [1.82, 2.24) is 5.43 Å². The highest BCUT2D eigenvalue weighted by Crippen LogP contribution is 2.16. The summed E-state index contributed by atoms with van der Waals surface area (Å²) >= 11 is 5.95. The smallest absolute Gasteiger partial charge is 0.262 e. The van der Waals surface area contributed by atoms with Crippen LogP contribution in [0.5, 0.6) is 0 Å². The van der Waals surface area contributed by atoms with Gasteiger partial charge in [-0.15, -0.1) is 0 Å². The molecule has 1 amide bonds. The number of anilines is 1. The molecule has 0 bridgehead atoms. The van der Waals surface area contributed by atoms with Crippen LogP contribution >= 0.6 is 11.6 Å². The van der Waals surface area contributed by atoms with E-state index < -0.39 is 6.04 Å². The van der Waals surface area contributed by atoms with Crippen LogP contribution in [-0.4, -0.2) is 18.2 Å². The first kappa shape index (κ1) is 20.7. The molecule has 0 heterocycles. The van der Waals surface area contributed by atoms with Gasteiger partial charge in [0.25, 0.3) is 5.91 Å². The summed E-state index contributed by atoms with van der Waals surface area (Å²) in [6.45, 7) is 8.06. The molecule has 0 saturated carbocycles. The lowest BCUT2D eigenvalue weighted by Crippen LogP contribution is -2.34. The number of halogens is 1. The van der Waals surface area contributed by atoms with Crippen molar-refractivity contribution < 1.29 is 4.79 Å². The summed E-state index contributed by atoms with van der Waals surface area (Å²) in [6, 6.07) is 15.2. The van der Waals surface area contributed by atoms with E-state index in [1.54, 1.807) is 25.3 Å². The molecule has 1 unspecified atom stereocenters. The van der Waals surface area contributed by atoms with Gasteiger partial charge in [-0.05, 0) is 54.7 Å². The number of allylic oxidation sites excluding steroid dienone is 1. The van der Waals surface area contributed by atoms with Crippen molar-refractivity contribution in [3.8, 4) is 0 Å². The molecule has 1 atom stereocenters. The maximum absolute atomic E-state index is 12.1. The van der Waals surface area contributed by atoms with Crippen LogP contribution in [0.25, 0.3) is 6.08 Å². The molecule has 0 aliphatic heterocycles. The molecule has 4 nitrogen and oxygen atoms in total. The number of benzene rings is 2. The molecule has 2 rings (SSSR count). The summed E-state index contributed by atoms with van der Waals surface area (Å²) in [5, 5.41) is 7.74. The van der Waals surface area contributed by atoms with Crippen molar-refractivity contribution in [3.05, 3.63) is 70.3 Å². The van der Waals surface area contributed by atoms with Crippen molar-refractivity contribution >= 4 is 35.5 Å². The fourth-order valence-corrected chi connectivity index (χ4v) is 2.66. The van der Waals surface area contributed by atoms with Gasteiger partial charge in [-0.1, -0.05) is 61.9 Å². The highest BCUT2D eigenvalue weighted by Gasteiger charge is 2.11. The Morgan fingerprint density at radius 3 is 2.44 bits per heavy atom. The molecule has 27 heavy (non-hydrogen) atoms. The Balaban J connectivity index is 1.88. The molecule has 0 aromatic heterocycles. The van der Waals surface area contributed by atoms with Crippen LogP contribution in [0.15, 0.2) is 59.2 Å². The highest BCUT2D eigenvalue weighted by molar-refractivity contribution is 6.30. The third-order valence-corrected chi connectivity index (χ3v) is 4.28. The van der Waals surface area contributed by atoms with Crippen LogP contribution < -0.4 is 10.7 Å². The van der Waals surface area contributed by atoms with Crippen LogP contribution in [0.4, 0.5) is 5.69 Å². The van der Waals surface area contributed by atoms with E-state index in [4.69, 9.17) is 11.6 Å². The maximum atomic E-state index is 12.1. The number of carbonyl (C=O) groups excluding carboxylic acids is 1. The second kappa shape index (κ2) is 9.93. The molecule has 0 radical (unpaired) electrons. The SMILES string of the molecule is CC(C=NNC(=O)C(C)Nc1cccc(Cl)c1)=Cc1ccc(C(C)C)cc1. The van der Waals surface area contributed by atoms with Gasteiger partial charge in [0.2, 0.25) is 0 Å². The Bertz CT molecular complexity index is 826. The molecule has 0 spiro atoms. The molecule has 142 valence electrons. The number of hydrogen-bond donors (Lipinski definition) is 2. The largest absolute Gasteiger partial charge is 0.374 e. The zero-order valence-electron chi connectivity index (χ0n) is 16.2. The van der Waals surface area contributed by atoms with Gasteiger partial charge in [-0.25, -0.2) is 5.43 Å². The minimum atomic E-state index is -0.437. The minimum Gasteiger partial charge on any atom is -0.374 e. The van der Waals surface area contributed by atoms with Gasteiger partial charge >= 0.3 is 0 Å². The zero-order valence-corrected chi connectivity index (χ0v) is 16.9. The van der Waals surface area contributed by atoms with E-state index in [0.717, 1.165) is 16.8 Å².